The number of amides is 1. The molecule has 0 heterocycles. The van der Waals surface area contributed by atoms with Crippen LogP contribution in [-0.2, 0) is 17.9 Å². The fourth-order valence-corrected chi connectivity index (χ4v) is 2.52. The molecule has 3 aromatic rings. The van der Waals surface area contributed by atoms with Crippen LogP contribution in [0.4, 0.5) is 4.39 Å². The molecule has 0 atom stereocenters. The fourth-order valence-electron chi connectivity index (χ4n) is 2.52. The number of halogens is 1. The molecular weight excluding hydrogens is 321 g/mol. The second-order valence-corrected chi connectivity index (χ2v) is 5.66. The zero-order valence-electron chi connectivity index (χ0n) is 13.5. The molecule has 0 aliphatic carbocycles. The van der Waals surface area contributed by atoms with Gasteiger partial charge in [-0.25, -0.2) is 4.39 Å². The maximum atomic E-state index is 13.3. The lowest BCUT2D eigenvalue weighted by Gasteiger charge is -2.09. The Morgan fingerprint density at radius 2 is 1.84 bits per heavy atom. The molecule has 3 aromatic carbocycles. The van der Waals surface area contributed by atoms with Gasteiger partial charge in [0.25, 0.3) is 5.91 Å². The van der Waals surface area contributed by atoms with Gasteiger partial charge in [-0.15, -0.1) is 0 Å². The number of carbonyl (C=O) groups is 1. The Morgan fingerprint density at radius 3 is 2.64 bits per heavy atom. The van der Waals surface area contributed by atoms with Gasteiger partial charge in [0.1, 0.15) is 11.6 Å². The summed E-state index contributed by atoms with van der Waals surface area (Å²) >= 11 is 0. The lowest BCUT2D eigenvalue weighted by Crippen LogP contribution is -2.28. The molecule has 0 radical (unpaired) electrons. The predicted molar refractivity (Wildman–Crippen MR) is 93.6 cm³/mol. The summed E-state index contributed by atoms with van der Waals surface area (Å²) in [6, 6.07) is 17.9. The zero-order valence-corrected chi connectivity index (χ0v) is 13.5. The highest BCUT2D eigenvalue weighted by atomic mass is 19.1. The van der Waals surface area contributed by atoms with Crippen LogP contribution >= 0.6 is 0 Å². The number of aliphatic hydroxyl groups excluding tert-OH is 1. The van der Waals surface area contributed by atoms with E-state index in [1.54, 1.807) is 6.07 Å². The maximum absolute atomic E-state index is 13.3. The van der Waals surface area contributed by atoms with Crippen molar-refractivity contribution in [1.29, 1.82) is 0 Å². The van der Waals surface area contributed by atoms with Gasteiger partial charge in [-0.1, -0.05) is 36.4 Å². The van der Waals surface area contributed by atoms with E-state index in [0.29, 0.717) is 11.3 Å². The third kappa shape index (κ3) is 4.33. The number of rotatable bonds is 6. The lowest BCUT2D eigenvalue weighted by atomic mass is 10.1. The van der Waals surface area contributed by atoms with E-state index in [-0.39, 0.29) is 31.2 Å². The third-order valence-electron chi connectivity index (χ3n) is 3.86. The average molecular weight is 339 g/mol. The average Bonchev–Trinajstić information content (AvgIpc) is 2.65. The van der Waals surface area contributed by atoms with Gasteiger partial charge in [-0.3, -0.25) is 4.79 Å². The van der Waals surface area contributed by atoms with Crippen LogP contribution in [-0.4, -0.2) is 17.6 Å². The van der Waals surface area contributed by atoms with Crippen LogP contribution < -0.4 is 10.1 Å². The van der Waals surface area contributed by atoms with Crippen LogP contribution in [0, 0.1) is 5.82 Å². The largest absolute Gasteiger partial charge is 0.484 e. The number of hydrogen-bond donors (Lipinski definition) is 2. The van der Waals surface area contributed by atoms with Crippen molar-refractivity contribution in [3.05, 3.63) is 77.6 Å². The Kier molecular flexibility index (Phi) is 5.26. The summed E-state index contributed by atoms with van der Waals surface area (Å²) in [5, 5.41) is 13.9. The predicted octanol–water partition coefficient (Wildman–Crippen LogP) is 3.17. The minimum atomic E-state index is -0.461. The van der Waals surface area contributed by atoms with E-state index in [2.05, 4.69) is 5.32 Å². The summed E-state index contributed by atoms with van der Waals surface area (Å²) in [5.41, 5.74) is 0.920. The van der Waals surface area contributed by atoms with Gasteiger partial charge in [-0.05, 0) is 40.6 Å². The Bertz CT molecular complexity index is 895. The normalized spacial score (nSPS) is 10.6. The van der Waals surface area contributed by atoms with Crippen molar-refractivity contribution in [3.8, 4) is 5.75 Å². The number of nitrogens with one attached hydrogen (secondary N) is 1. The molecule has 0 spiro atoms. The Labute approximate surface area is 144 Å². The number of hydrogen-bond acceptors (Lipinski definition) is 3. The second-order valence-electron chi connectivity index (χ2n) is 5.66. The highest BCUT2D eigenvalue weighted by molar-refractivity contribution is 5.84. The summed E-state index contributed by atoms with van der Waals surface area (Å²) in [5.74, 6) is -0.113. The van der Waals surface area contributed by atoms with Crippen LogP contribution in [0.25, 0.3) is 10.8 Å². The van der Waals surface area contributed by atoms with E-state index < -0.39 is 5.82 Å². The minimum absolute atomic E-state index is 0.105. The van der Waals surface area contributed by atoms with E-state index in [0.717, 1.165) is 10.8 Å². The molecule has 128 valence electrons. The van der Waals surface area contributed by atoms with Crippen molar-refractivity contribution in [2.24, 2.45) is 0 Å². The van der Waals surface area contributed by atoms with Gasteiger partial charge in [0.15, 0.2) is 6.61 Å². The Balaban J connectivity index is 1.53. The SMILES string of the molecule is O=C(COc1ccc2ccccc2c1)NCc1ccc(F)c(CO)c1. The van der Waals surface area contributed by atoms with E-state index in [4.69, 9.17) is 9.84 Å². The van der Waals surface area contributed by atoms with Crippen molar-refractivity contribution in [2.75, 3.05) is 6.61 Å². The summed E-state index contributed by atoms with van der Waals surface area (Å²) in [7, 11) is 0. The molecule has 5 heteroatoms. The Morgan fingerprint density at radius 1 is 1.04 bits per heavy atom. The number of fused-ring (bicyclic) bond motifs is 1. The van der Waals surface area contributed by atoms with E-state index >= 15 is 0 Å². The van der Waals surface area contributed by atoms with Crippen molar-refractivity contribution < 1.29 is 19.0 Å². The summed E-state index contributed by atoms with van der Waals surface area (Å²) in [6.45, 7) is -0.238. The molecule has 0 saturated carbocycles. The van der Waals surface area contributed by atoms with Crippen LogP contribution in [0.2, 0.25) is 0 Å². The lowest BCUT2D eigenvalue weighted by molar-refractivity contribution is -0.123. The monoisotopic (exact) mass is 339 g/mol. The first-order valence-electron chi connectivity index (χ1n) is 7.92. The number of benzene rings is 3. The topological polar surface area (TPSA) is 58.6 Å². The second kappa shape index (κ2) is 7.77. The first kappa shape index (κ1) is 16.9. The molecule has 2 N–H and O–H groups in total. The first-order chi connectivity index (χ1) is 12.2. The molecule has 25 heavy (non-hydrogen) atoms. The molecule has 1 amide bonds. The molecule has 0 aromatic heterocycles. The van der Waals surface area contributed by atoms with Crippen molar-refractivity contribution in [1.82, 2.24) is 5.32 Å². The van der Waals surface area contributed by atoms with E-state index in [1.807, 2.05) is 42.5 Å². The highest BCUT2D eigenvalue weighted by Crippen LogP contribution is 2.20. The standard InChI is InChI=1S/C20H18FNO3/c21-19-8-5-14(9-17(19)12-23)11-22-20(24)13-25-18-7-6-15-3-1-2-4-16(15)10-18/h1-10,23H,11-13H2,(H,22,24). The fraction of sp³-hybridized carbons (Fsp3) is 0.150. The van der Waals surface area contributed by atoms with Crippen LogP contribution in [0.15, 0.2) is 60.7 Å². The zero-order chi connectivity index (χ0) is 17.6. The Hall–Kier alpha value is -2.92. The molecule has 0 bridgehead atoms. The molecule has 0 saturated heterocycles. The summed E-state index contributed by atoms with van der Waals surface area (Å²) in [6.07, 6.45) is 0. The van der Waals surface area contributed by atoms with Crippen molar-refractivity contribution >= 4 is 16.7 Å². The summed E-state index contributed by atoms with van der Waals surface area (Å²) < 4.78 is 18.8. The highest BCUT2D eigenvalue weighted by Gasteiger charge is 2.06. The summed E-state index contributed by atoms with van der Waals surface area (Å²) in [4.78, 5) is 11.9. The van der Waals surface area contributed by atoms with E-state index in [9.17, 15) is 9.18 Å². The molecule has 3 rings (SSSR count). The third-order valence-corrected chi connectivity index (χ3v) is 3.86. The smallest absolute Gasteiger partial charge is 0.258 e. The molecule has 0 aliphatic rings. The molecule has 0 fully saturated rings. The molecule has 0 aliphatic heterocycles. The van der Waals surface area contributed by atoms with Gasteiger partial charge in [0, 0.05) is 12.1 Å². The van der Waals surface area contributed by atoms with Gasteiger partial charge >= 0.3 is 0 Å². The molecular formula is C20H18FNO3. The van der Waals surface area contributed by atoms with Crippen LogP contribution in [0.1, 0.15) is 11.1 Å². The molecule has 0 unspecified atom stereocenters. The van der Waals surface area contributed by atoms with Crippen LogP contribution in [0.3, 0.4) is 0 Å². The minimum Gasteiger partial charge on any atom is -0.484 e. The number of ether oxygens (including phenoxy) is 1. The van der Waals surface area contributed by atoms with Gasteiger partial charge in [-0.2, -0.15) is 0 Å². The quantitative estimate of drug-likeness (QED) is 0.725. The van der Waals surface area contributed by atoms with Gasteiger partial charge < -0.3 is 15.2 Å². The van der Waals surface area contributed by atoms with Gasteiger partial charge in [0.05, 0.1) is 6.61 Å². The number of carbonyl (C=O) groups excluding carboxylic acids is 1. The van der Waals surface area contributed by atoms with E-state index in [1.165, 1.54) is 12.1 Å². The number of aliphatic hydroxyl groups is 1. The first-order valence-corrected chi connectivity index (χ1v) is 7.92. The maximum Gasteiger partial charge on any atom is 0.258 e. The van der Waals surface area contributed by atoms with Crippen molar-refractivity contribution in [3.63, 3.8) is 0 Å². The van der Waals surface area contributed by atoms with Crippen molar-refractivity contribution in [2.45, 2.75) is 13.2 Å². The van der Waals surface area contributed by atoms with Gasteiger partial charge in [0.2, 0.25) is 0 Å². The van der Waals surface area contributed by atoms with Crippen LogP contribution in [0.5, 0.6) is 5.75 Å². The molecule has 4 nitrogen and oxygen atoms in total.